The van der Waals surface area contributed by atoms with Gasteiger partial charge in [-0.25, -0.2) is 4.98 Å². The number of hydrogen-bond donors (Lipinski definition) is 1. The van der Waals surface area contributed by atoms with Gasteiger partial charge in [-0.3, -0.25) is 24.8 Å². The molecule has 0 aliphatic carbocycles. The lowest BCUT2D eigenvalue weighted by Crippen LogP contribution is -2.43. The molecule has 0 saturated heterocycles. The van der Waals surface area contributed by atoms with E-state index in [0.29, 0.717) is 16.6 Å². The summed E-state index contributed by atoms with van der Waals surface area (Å²) >= 11 is 2.88. The minimum Gasteiger partial charge on any atom is -0.482 e. The molecule has 3 aromatic heterocycles. The number of ether oxygens (including phenoxy) is 1. The van der Waals surface area contributed by atoms with Crippen LogP contribution in [0, 0.1) is 6.92 Å². The maximum Gasteiger partial charge on any atom is 0.265 e. The monoisotopic (exact) mass is 506 g/mol. The van der Waals surface area contributed by atoms with E-state index in [-0.39, 0.29) is 30.9 Å². The minimum absolute atomic E-state index is 0.129. The number of benzene rings is 1. The Labute approximate surface area is 209 Å². The lowest BCUT2D eigenvalue weighted by molar-refractivity contribution is -0.123. The normalized spacial score (nSPS) is 13.0. The zero-order valence-electron chi connectivity index (χ0n) is 19.3. The van der Waals surface area contributed by atoms with E-state index < -0.39 is 0 Å². The molecule has 1 N–H and O–H groups in total. The molecule has 4 aromatic rings. The maximum absolute atomic E-state index is 12.8. The van der Waals surface area contributed by atoms with E-state index in [1.807, 2.05) is 51.1 Å². The molecule has 11 heteroatoms. The van der Waals surface area contributed by atoms with Gasteiger partial charge in [0.2, 0.25) is 11.0 Å². The number of amides is 2. The average molecular weight is 507 g/mol. The molecule has 0 radical (unpaired) electrons. The summed E-state index contributed by atoms with van der Waals surface area (Å²) in [5.41, 5.74) is 2.96. The Morgan fingerprint density at radius 3 is 2.80 bits per heavy atom. The highest BCUT2D eigenvalue weighted by atomic mass is 32.1. The van der Waals surface area contributed by atoms with Crippen LogP contribution in [0.15, 0.2) is 42.6 Å². The summed E-state index contributed by atoms with van der Waals surface area (Å²) in [7, 11) is 0. The number of pyridine rings is 1. The first kappa shape index (κ1) is 23.1. The third-order valence-electron chi connectivity index (χ3n) is 5.34. The van der Waals surface area contributed by atoms with Crippen molar-refractivity contribution in [1.82, 2.24) is 20.2 Å². The molecular formula is C24H22N6O3S2. The number of nitrogens with one attached hydrogen (secondary N) is 1. The van der Waals surface area contributed by atoms with Crippen LogP contribution >= 0.6 is 22.7 Å². The molecule has 9 nitrogen and oxygen atoms in total. The van der Waals surface area contributed by atoms with Crippen LogP contribution in [-0.4, -0.2) is 45.1 Å². The topological polar surface area (TPSA) is 110 Å². The number of hydrogen-bond acceptors (Lipinski definition) is 9. The Kier molecular flexibility index (Phi) is 6.27. The fraction of sp³-hybridized carbons (Fsp3) is 0.250. The van der Waals surface area contributed by atoms with E-state index in [0.717, 1.165) is 31.8 Å². The van der Waals surface area contributed by atoms with E-state index >= 15 is 0 Å². The van der Waals surface area contributed by atoms with Crippen molar-refractivity contribution < 1.29 is 14.3 Å². The number of nitrogens with zero attached hydrogens (tertiary/aromatic N) is 5. The number of thiazole rings is 1. The highest BCUT2D eigenvalue weighted by molar-refractivity contribution is 7.15. The minimum atomic E-state index is -0.356. The van der Waals surface area contributed by atoms with Crippen LogP contribution in [0.2, 0.25) is 0 Å². The molecule has 4 heterocycles. The molecule has 1 aliphatic rings. The first-order valence-electron chi connectivity index (χ1n) is 11.0. The van der Waals surface area contributed by atoms with Crippen molar-refractivity contribution in [2.45, 2.75) is 26.7 Å². The Morgan fingerprint density at radius 1 is 1.20 bits per heavy atom. The summed E-state index contributed by atoms with van der Waals surface area (Å²) in [4.78, 5) is 37.1. The van der Waals surface area contributed by atoms with Gasteiger partial charge in [-0.1, -0.05) is 31.3 Å². The van der Waals surface area contributed by atoms with Crippen LogP contribution < -0.4 is 15.0 Å². The van der Waals surface area contributed by atoms with Gasteiger partial charge < -0.3 is 4.74 Å². The second kappa shape index (κ2) is 9.51. The maximum atomic E-state index is 12.8. The Balaban J connectivity index is 1.41. The third-order valence-corrected chi connectivity index (χ3v) is 7.47. The first-order valence-corrected chi connectivity index (χ1v) is 12.6. The lowest BCUT2D eigenvalue weighted by atomic mass is 10.1. The average Bonchev–Trinajstić information content (AvgIpc) is 3.48. The summed E-state index contributed by atoms with van der Waals surface area (Å²) in [6, 6.07) is 11.3. The largest absolute Gasteiger partial charge is 0.482 e. The summed E-state index contributed by atoms with van der Waals surface area (Å²) in [6.07, 6.45) is 1.74. The number of aromatic nitrogens is 4. The zero-order valence-corrected chi connectivity index (χ0v) is 20.9. The Bertz CT molecular complexity index is 1400. The van der Waals surface area contributed by atoms with Gasteiger partial charge >= 0.3 is 0 Å². The second-order valence-corrected chi connectivity index (χ2v) is 10.5. The molecular weight excluding hydrogens is 484 g/mol. The number of anilines is 2. The van der Waals surface area contributed by atoms with Gasteiger partial charge in [-0.15, -0.1) is 21.5 Å². The molecule has 5 rings (SSSR count). The van der Waals surface area contributed by atoms with Crippen LogP contribution in [0.25, 0.3) is 22.0 Å². The SMILES string of the molecule is Cc1sc(-c2ccccn2)nc1-c1ccc2c(c1)N(CC(=O)Nc1nnc(C(C)C)s1)C(=O)CO2. The van der Waals surface area contributed by atoms with E-state index in [1.165, 1.54) is 16.2 Å². The molecule has 0 saturated carbocycles. The van der Waals surface area contributed by atoms with Crippen molar-refractivity contribution in [3.05, 3.63) is 52.5 Å². The number of carbonyl (C=O) groups is 2. The smallest absolute Gasteiger partial charge is 0.265 e. The van der Waals surface area contributed by atoms with Gasteiger partial charge in [0.25, 0.3) is 5.91 Å². The molecule has 2 amide bonds. The molecule has 178 valence electrons. The number of fused-ring (bicyclic) bond motifs is 1. The van der Waals surface area contributed by atoms with Crippen molar-refractivity contribution in [2.75, 3.05) is 23.4 Å². The van der Waals surface area contributed by atoms with Crippen LogP contribution in [0.4, 0.5) is 10.8 Å². The van der Waals surface area contributed by atoms with Crippen molar-refractivity contribution in [3.8, 4) is 27.7 Å². The van der Waals surface area contributed by atoms with Crippen molar-refractivity contribution in [1.29, 1.82) is 0 Å². The molecule has 0 spiro atoms. The summed E-state index contributed by atoms with van der Waals surface area (Å²) in [6.45, 7) is 5.73. The standard InChI is InChI=1S/C24H22N6O3S2/c1-13(2)22-28-29-24(35-22)26-19(31)11-30-17-10-15(7-8-18(17)33-12-20(30)32)21-14(3)34-23(27-21)16-6-4-5-9-25-16/h4-10,13H,11-12H2,1-3H3,(H,26,29,31). The molecule has 0 unspecified atom stereocenters. The fourth-order valence-electron chi connectivity index (χ4n) is 3.61. The van der Waals surface area contributed by atoms with E-state index in [9.17, 15) is 9.59 Å². The first-order chi connectivity index (χ1) is 16.9. The number of carbonyl (C=O) groups excluding carboxylic acids is 2. The van der Waals surface area contributed by atoms with Crippen LogP contribution in [0.5, 0.6) is 5.75 Å². The van der Waals surface area contributed by atoms with Gasteiger partial charge in [0.15, 0.2) is 6.61 Å². The van der Waals surface area contributed by atoms with Crippen LogP contribution in [-0.2, 0) is 9.59 Å². The molecule has 1 aliphatic heterocycles. The van der Waals surface area contributed by atoms with Crippen molar-refractivity contribution in [2.24, 2.45) is 0 Å². The van der Waals surface area contributed by atoms with E-state index in [2.05, 4.69) is 20.5 Å². The predicted octanol–water partition coefficient (Wildman–Crippen LogP) is 4.52. The predicted molar refractivity (Wildman–Crippen MR) is 136 cm³/mol. The molecule has 0 fully saturated rings. The van der Waals surface area contributed by atoms with Gasteiger partial charge in [0.1, 0.15) is 22.3 Å². The molecule has 1 aromatic carbocycles. The lowest BCUT2D eigenvalue weighted by Gasteiger charge is -2.29. The molecule has 0 atom stereocenters. The van der Waals surface area contributed by atoms with Crippen LogP contribution in [0.1, 0.15) is 29.7 Å². The summed E-state index contributed by atoms with van der Waals surface area (Å²) < 4.78 is 5.62. The highest BCUT2D eigenvalue weighted by Gasteiger charge is 2.29. The van der Waals surface area contributed by atoms with Crippen molar-refractivity contribution in [3.63, 3.8) is 0 Å². The van der Waals surface area contributed by atoms with Crippen LogP contribution in [0.3, 0.4) is 0 Å². The number of aryl methyl sites for hydroxylation is 1. The van der Waals surface area contributed by atoms with Gasteiger partial charge in [0, 0.05) is 22.6 Å². The Hall–Kier alpha value is -3.70. The number of rotatable bonds is 6. The van der Waals surface area contributed by atoms with Gasteiger partial charge in [-0.2, -0.15) is 0 Å². The third kappa shape index (κ3) is 4.77. The molecule has 0 bridgehead atoms. The van der Waals surface area contributed by atoms with Gasteiger partial charge in [-0.05, 0) is 37.3 Å². The summed E-state index contributed by atoms with van der Waals surface area (Å²) in [5, 5.41) is 12.9. The van der Waals surface area contributed by atoms with E-state index in [1.54, 1.807) is 23.6 Å². The van der Waals surface area contributed by atoms with Gasteiger partial charge in [0.05, 0.1) is 17.1 Å². The van der Waals surface area contributed by atoms with E-state index in [4.69, 9.17) is 9.72 Å². The van der Waals surface area contributed by atoms with Crippen molar-refractivity contribution >= 4 is 45.3 Å². The quantitative estimate of drug-likeness (QED) is 0.409. The second-order valence-electron chi connectivity index (χ2n) is 8.24. The highest BCUT2D eigenvalue weighted by Crippen LogP contribution is 2.39. The Morgan fingerprint density at radius 2 is 2.06 bits per heavy atom. The molecule has 35 heavy (non-hydrogen) atoms. The summed E-state index contributed by atoms with van der Waals surface area (Å²) in [5.74, 6) is 0.105. The zero-order chi connectivity index (χ0) is 24.5. The fourth-order valence-corrected chi connectivity index (χ4v) is 5.28.